The molecule has 0 aliphatic carbocycles. The fourth-order valence-electron chi connectivity index (χ4n) is 2.74. The van der Waals surface area contributed by atoms with Gasteiger partial charge < -0.3 is 9.64 Å². The highest BCUT2D eigenvalue weighted by molar-refractivity contribution is 6.33. The molecule has 2 heterocycles. The van der Waals surface area contributed by atoms with Crippen molar-refractivity contribution < 1.29 is 13.9 Å². The largest absolute Gasteiger partial charge is 0.370 e. The zero-order chi connectivity index (χ0) is 16.6. The molecular weight excluding hydrogens is 321 g/mol. The zero-order valence-electron chi connectivity index (χ0n) is 12.9. The minimum Gasteiger partial charge on any atom is -0.370 e. The number of benzene rings is 1. The van der Waals surface area contributed by atoms with Gasteiger partial charge in [-0.3, -0.25) is 9.48 Å². The monoisotopic (exact) mass is 337 g/mol. The van der Waals surface area contributed by atoms with Crippen LogP contribution in [0.25, 0.3) is 0 Å². The highest BCUT2D eigenvalue weighted by atomic mass is 35.5. The number of hydrogen-bond donors (Lipinski definition) is 0. The summed E-state index contributed by atoms with van der Waals surface area (Å²) in [6.45, 7) is 3.07. The molecule has 122 valence electrons. The van der Waals surface area contributed by atoms with Crippen molar-refractivity contribution >= 4 is 17.5 Å². The molecule has 1 amide bonds. The lowest BCUT2D eigenvalue weighted by Crippen LogP contribution is -2.42. The van der Waals surface area contributed by atoms with Crippen LogP contribution in [0, 0.1) is 12.7 Å². The molecule has 1 atom stereocenters. The molecule has 23 heavy (non-hydrogen) atoms. The minimum absolute atomic E-state index is 0.156. The van der Waals surface area contributed by atoms with Gasteiger partial charge in [0.1, 0.15) is 17.1 Å². The van der Waals surface area contributed by atoms with E-state index in [0.29, 0.717) is 36.1 Å². The summed E-state index contributed by atoms with van der Waals surface area (Å²) in [7, 11) is 1.70. The smallest absolute Gasteiger partial charge is 0.259 e. The summed E-state index contributed by atoms with van der Waals surface area (Å²) in [5.41, 5.74) is 1.87. The third kappa shape index (κ3) is 3.09. The van der Waals surface area contributed by atoms with Gasteiger partial charge in [0.2, 0.25) is 0 Å². The molecule has 0 N–H and O–H groups in total. The van der Waals surface area contributed by atoms with Gasteiger partial charge in [-0.2, -0.15) is 5.10 Å². The van der Waals surface area contributed by atoms with Crippen LogP contribution in [-0.2, 0) is 11.8 Å². The van der Waals surface area contributed by atoms with Crippen LogP contribution in [0.1, 0.15) is 27.7 Å². The summed E-state index contributed by atoms with van der Waals surface area (Å²) in [6.07, 6.45) is -0.274. The van der Waals surface area contributed by atoms with Crippen molar-refractivity contribution in [3.8, 4) is 0 Å². The molecule has 2 aromatic rings. The maximum absolute atomic E-state index is 13.0. The van der Waals surface area contributed by atoms with Crippen LogP contribution in [0.15, 0.2) is 24.3 Å². The molecule has 1 aromatic heterocycles. The van der Waals surface area contributed by atoms with Gasteiger partial charge in [-0.05, 0) is 24.6 Å². The summed E-state index contributed by atoms with van der Waals surface area (Å²) in [4.78, 5) is 14.5. The van der Waals surface area contributed by atoms with Crippen molar-refractivity contribution in [1.82, 2.24) is 14.7 Å². The Morgan fingerprint density at radius 3 is 2.70 bits per heavy atom. The summed E-state index contributed by atoms with van der Waals surface area (Å²) >= 11 is 6.18. The number of aromatic nitrogens is 2. The maximum atomic E-state index is 13.0. The Labute approximate surface area is 138 Å². The summed E-state index contributed by atoms with van der Waals surface area (Å²) in [6, 6.07) is 6.13. The molecule has 0 bridgehead atoms. The Kier molecular flexibility index (Phi) is 4.37. The van der Waals surface area contributed by atoms with Crippen molar-refractivity contribution in [2.45, 2.75) is 13.0 Å². The molecule has 0 unspecified atom stereocenters. The van der Waals surface area contributed by atoms with Crippen LogP contribution in [0.5, 0.6) is 0 Å². The van der Waals surface area contributed by atoms with E-state index in [-0.39, 0.29) is 17.8 Å². The van der Waals surface area contributed by atoms with E-state index in [0.717, 1.165) is 5.56 Å². The molecule has 1 fully saturated rings. The van der Waals surface area contributed by atoms with Gasteiger partial charge in [0, 0.05) is 13.6 Å². The van der Waals surface area contributed by atoms with Gasteiger partial charge in [-0.1, -0.05) is 23.7 Å². The third-order valence-corrected chi connectivity index (χ3v) is 4.40. The predicted octanol–water partition coefficient (Wildman–Crippen LogP) is 2.73. The molecule has 1 aromatic carbocycles. The first-order valence-electron chi connectivity index (χ1n) is 7.33. The molecule has 0 spiro atoms. The second-order valence-corrected chi connectivity index (χ2v) is 5.89. The Morgan fingerprint density at radius 2 is 2.09 bits per heavy atom. The number of hydrogen-bond acceptors (Lipinski definition) is 3. The van der Waals surface area contributed by atoms with E-state index in [1.807, 2.05) is 0 Å². The Balaban J connectivity index is 1.80. The standard InChI is InChI=1S/C16H17ClFN3O2/c1-10-14(15(17)20(2)19-10)16(22)21-7-8-23-13(9-21)11-3-5-12(18)6-4-11/h3-6,13H,7-9H2,1-2H3/t13-/m1/s1. The van der Waals surface area contributed by atoms with Crippen LogP contribution in [0.2, 0.25) is 5.15 Å². The minimum atomic E-state index is -0.296. The van der Waals surface area contributed by atoms with E-state index in [1.165, 1.54) is 16.8 Å². The summed E-state index contributed by atoms with van der Waals surface area (Å²) in [5, 5.41) is 4.51. The first-order chi connectivity index (χ1) is 11.0. The van der Waals surface area contributed by atoms with Gasteiger partial charge in [-0.25, -0.2) is 4.39 Å². The van der Waals surface area contributed by atoms with E-state index < -0.39 is 0 Å². The SMILES string of the molecule is Cc1nn(C)c(Cl)c1C(=O)N1CCO[C@@H](c2ccc(F)cc2)C1. The van der Waals surface area contributed by atoms with Gasteiger partial charge >= 0.3 is 0 Å². The van der Waals surface area contributed by atoms with Crippen LogP contribution in [0.4, 0.5) is 4.39 Å². The third-order valence-electron chi connectivity index (χ3n) is 3.96. The predicted molar refractivity (Wildman–Crippen MR) is 84.0 cm³/mol. The number of rotatable bonds is 2. The normalized spacial score (nSPS) is 18.3. The zero-order valence-corrected chi connectivity index (χ0v) is 13.7. The highest BCUT2D eigenvalue weighted by Crippen LogP contribution is 2.26. The fraction of sp³-hybridized carbons (Fsp3) is 0.375. The molecule has 0 radical (unpaired) electrons. The number of aryl methyl sites for hydroxylation is 2. The Morgan fingerprint density at radius 1 is 1.39 bits per heavy atom. The van der Waals surface area contributed by atoms with Crippen molar-refractivity contribution in [2.75, 3.05) is 19.7 Å². The van der Waals surface area contributed by atoms with Gasteiger partial charge in [0.15, 0.2) is 0 Å². The van der Waals surface area contributed by atoms with Gasteiger partial charge in [0.25, 0.3) is 5.91 Å². The van der Waals surface area contributed by atoms with E-state index in [9.17, 15) is 9.18 Å². The average Bonchev–Trinajstić information content (AvgIpc) is 2.80. The van der Waals surface area contributed by atoms with Crippen LogP contribution in [-0.4, -0.2) is 40.3 Å². The first kappa shape index (κ1) is 16.0. The summed E-state index contributed by atoms with van der Waals surface area (Å²) in [5.74, 6) is -0.453. The average molecular weight is 338 g/mol. The number of nitrogens with zero attached hydrogens (tertiary/aromatic N) is 3. The second kappa shape index (κ2) is 6.29. The van der Waals surface area contributed by atoms with Crippen LogP contribution in [0.3, 0.4) is 0 Å². The van der Waals surface area contributed by atoms with Crippen molar-refractivity contribution in [2.24, 2.45) is 7.05 Å². The van der Waals surface area contributed by atoms with Crippen LogP contribution >= 0.6 is 11.6 Å². The maximum Gasteiger partial charge on any atom is 0.259 e. The lowest BCUT2D eigenvalue weighted by molar-refractivity contribution is -0.0228. The van der Waals surface area contributed by atoms with E-state index in [2.05, 4.69) is 5.10 Å². The number of carbonyl (C=O) groups excluding carboxylic acids is 1. The first-order valence-corrected chi connectivity index (χ1v) is 7.70. The van der Waals surface area contributed by atoms with E-state index in [1.54, 1.807) is 31.0 Å². The Bertz CT molecular complexity index is 730. The second-order valence-electron chi connectivity index (χ2n) is 5.54. The number of carbonyl (C=O) groups is 1. The van der Waals surface area contributed by atoms with Crippen molar-refractivity contribution in [1.29, 1.82) is 0 Å². The number of halogens is 2. The molecule has 5 nitrogen and oxygen atoms in total. The van der Waals surface area contributed by atoms with Gasteiger partial charge in [-0.15, -0.1) is 0 Å². The summed E-state index contributed by atoms with van der Waals surface area (Å²) < 4.78 is 20.2. The number of ether oxygens (including phenoxy) is 1. The lowest BCUT2D eigenvalue weighted by Gasteiger charge is -2.33. The van der Waals surface area contributed by atoms with Gasteiger partial charge in [0.05, 0.1) is 24.4 Å². The highest BCUT2D eigenvalue weighted by Gasteiger charge is 2.29. The number of amides is 1. The topological polar surface area (TPSA) is 47.4 Å². The molecule has 1 saturated heterocycles. The molecule has 7 heteroatoms. The fourth-order valence-corrected chi connectivity index (χ4v) is 3.00. The van der Waals surface area contributed by atoms with Crippen molar-refractivity contribution in [3.05, 3.63) is 52.1 Å². The molecule has 3 rings (SSSR count). The lowest BCUT2D eigenvalue weighted by atomic mass is 10.1. The molecular formula is C16H17ClFN3O2. The molecule has 1 aliphatic rings. The van der Waals surface area contributed by atoms with E-state index in [4.69, 9.17) is 16.3 Å². The van der Waals surface area contributed by atoms with Crippen LogP contribution < -0.4 is 0 Å². The van der Waals surface area contributed by atoms with Crippen molar-refractivity contribution in [3.63, 3.8) is 0 Å². The Hall–Kier alpha value is -1.92. The molecule has 0 saturated carbocycles. The quantitative estimate of drug-likeness (QED) is 0.846. The molecule has 1 aliphatic heterocycles. The van der Waals surface area contributed by atoms with E-state index >= 15 is 0 Å². The number of morpholine rings is 1.